The molecule has 0 radical (unpaired) electrons. The van der Waals surface area contributed by atoms with Crippen LogP contribution in [0.4, 0.5) is 18.9 Å². The summed E-state index contributed by atoms with van der Waals surface area (Å²) >= 11 is 6.31. The highest BCUT2D eigenvalue weighted by Crippen LogP contribution is 2.42. The number of halogens is 4. The Morgan fingerprint density at radius 3 is 2.64 bits per heavy atom. The molecule has 220 valence electrons. The van der Waals surface area contributed by atoms with Crippen molar-refractivity contribution in [3.05, 3.63) is 71.2 Å². The average Bonchev–Trinajstić information content (AvgIpc) is 3.44. The van der Waals surface area contributed by atoms with Crippen molar-refractivity contribution < 1.29 is 45.5 Å². The van der Waals surface area contributed by atoms with Crippen LogP contribution in [0.2, 0.25) is 5.02 Å². The summed E-state index contributed by atoms with van der Waals surface area (Å²) in [5, 5.41) is 13.4. The van der Waals surface area contributed by atoms with Crippen LogP contribution in [0, 0.1) is 0 Å². The van der Waals surface area contributed by atoms with Gasteiger partial charge in [-0.05, 0) is 55.0 Å². The number of carbonyl (C=O) groups is 1. The molecule has 0 amide bonds. The molecule has 1 N–H and O–H groups in total. The molecule has 0 saturated carbocycles. The van der Waals surface area contributed by atoms with Crippen LogP contribution in [-0.2, 0) is 21.0 Å². The standard InChI is InChI=1S/C27H21ClF3N3O7S/c1-39-22-7-3-6-19(28)24(22)26-32-25(33-41-26)15-8-10-21-20(12-15)34(14-17(40-21)9-11-23(35)36)42(37,38)18-5-2-4-16(13-18)27(29,30)31/h2-8,10,12-13,17H,9,11,14H2,1H3,(H,35,36). The first-order valence-electron chi connectivity index (χ1n) is 12.3. The summed E-state index contributed by atoms with van der Waals surface area (Å²) in [6.45, 7) is -0.351. The van der Waals surface area contributed by atoms with Crippen molar-refractivity contribution in [3.8, 4) is 34.3 Å². The highest BCUT2D eigenvalue weighted by molar-refractivity contribution is 7.92. The first-order valence-corrected chi connectivity index (χ1v) is 14.1. The van der Waals surface area contributed by atoms with Crippen molar-refractivity contribution in [2.24, 2.45) is 0 Å². The van der Waals surface area contributed by atoms with Crippen molar-refractivity contribution in [2.45, 2.75) is 30.0 Å². The number of sulfonamides is 1. The van der Waals surface area contributed by atoms with Gasteiger partial charge in [0.25, 0.3) is 15.9 Å². The first-order chi connectivity index (χ1) is 19.9. The minimum absolute atomic E-state index is 0.00170. The van der Waals surface area contributed by atoms with Crippen LogP contribution in [0.1, 0.15) is 18.4 Å². The predicted molar refractivity (Wildman–Crippen MR) is 144 cm³/mol. The molecular weight excluding hydrogens is 603 g/mol. The van der Waals surface area contributed by atoms with E-state index in [4.69, 9.17) is 30.7 Å². The number of hydrogen-bond acceptors (Lipinski definition) is 8. The van der Waals surface area contributed by atoms with Gasteiger partial charge >= 0.3 is 12.1 Å². The van der Waals surface area contributed by atoms with E-state index in [0.717, 1.165) is 22.5 Å². The number of hydrogen-bond donors (Lipinski definition) is 1. The molecule has 0 spiro atoms. The van der Waals surface area contributed by atoms with Crippen LogP contribution < -0.4 is 13.8 Å². The fourth-order valence-corrected chi connectivity index (χ4v) is 6.19. The molecule has 10 nitrogen and oxygen atoms in total. The maximum absolute atomic E-state index is 13.8. The van der Waals surface area contributed by atoms with Gasteiger partial charge in [-0.3, -0.25) is 9.10 Å². The molecule has 3 aromatic carbocycles. The van der Waals surface area contributed by atoms with Crippen molar-refractivity contribution >= 4 is 33.3 Å². The van der Waals surface area contributed by atoms with Crippen LogP contribution in [0.5, 0.6) is 11.5 Å². The molecule has 0 saturated heterocycles. The van der Waals surface area contributed by atoms with Gasteiger partial charge in [0.1, 0.15) is 23.2 Å². The van der Waals surface area contributed by atoms with Crippen molar-refractivity contribution in [1.82, 2.24) is 10.1 Å². The van der Waals surface area contributed by atoms with E-state index in [1.54, 1.807) is 18.2 Å². The third-order valence-corrected chi connectivity index (χ3v) is 8.50. The summed E-state index contributed by atoms with van der Waals surface area (Å²) in [4.78, 5) is 14.9. The van der Waals surface area contributed by atoms with E-state index in [2.05, 4.69) is 10.1 Å². The summed E-state index contributed by atoms with van der Waals surface area (Å²) in [5.74, 6) is -0.576. The number of rotatable bonds is 8. The first kappa shape index (κ1) is 29.2. The molecule has 1 aliphatic rings. The lowest BCUT2D eigenvalue weighted by molar-refractivity contribution is -0.138. The number of nitrogens with zero attached hydrogens (tertiary/aromatic N) is 3. The second kappa shape index (κ2) is 11.2. The van der Waals surface area contributed by atoms with E-state index in [1.807, 2.05) is 0 Å². The molecule has 1 aromatic heterocycles. The van der Waals surface area contributed by atoms with Crippen molar-refractivity contribution in [3.63, 3.8) is 0 Å². The maximum atomic E-state index is 13.8. The van der Waals surface area contributed by atoms with Gasteiger partial charge in [-0.1, -0.05) is 28.9 Å². The second-order valence-electron chi connectivity index (χ2n) is 9.16. The summed E-state index contributed by atoms with van der Waals surface area (Å²) in [7, 11) is -3.13. The number of alkyl halides is 3. The number of carboxylic acids is 1. The smallest absolute Gasteiger partial charge is 0.416 e. The Morgan fingerprint density at radius 1 is 1.17 bits per heavy atom. The number of aliphatic carboxylic acids is 1. The summed E-state index contributed by atoms with van der Waals surface area (Å²) in [6, 6.07) is 12.7. The molecule has 5 rings (SSSR count). The van der Waals surface area contributed by atoms with Gasteiger partial charge in [-0.25, -0.2) is 8.42 Å². The molecule has 4 aromatic rings. The molecule has 42 heavy (non-hydrogen) atoms. The fourth-order valence-electron chi connectivity index (χ4n) is 4.40. The number of benzene rings is 3. The molecule has 15 heteroatoms. The van der Waals surface area contributed by atoms with Gasteiger partial charge < -0.3 is 19.1 Å². The van der Waals surface area contributed by atoms with Crippen LogP contribution in [0.25, 0.3) is 22.8 Å². The number of fused-ring (bicyclic) bond motifs is 1. The highest BCUT2D eigenvalue weighted by atomic mass is 35.5. The topological polar surface area (TPSA) is 132 Å². The lowest BCUT2D eigenvalue weighted by Crippen LogP contribution is -2.43. The molecular formula is C27H21ClF3N3O7S. The van der Waals surface area contributed by atoms with Gasteiger partial charge in [0.15, 0.2) is 0 Å². The summed E-state index contributed by atoms with van der Waals surface area (Å²) < 4.78 is 85.2. The van der Waals surface area contributed by atoms with Gasteiger partial charge in [0, 0.05) is 12.0 Å². The zero-order valence-corrected chi connectivity index (χ0v) is 23.2. The zero-order valence-electron chi connectivity index (χ0n) is 21.6. The number of aromatic nitrogens is 2. The quantitative estimate of drug-likeness (QED) is 0.254. The highest BCUT2D eigenvalue weighted by Gasteiger charge is 2.37. The Balaban J connectivity index is 1.57. The number of anilines is 1. The fraction of sp³-hybridized carbons (Fsp3) is 0.222. The molecule has 1 aliphatic heterocycles. The van der Waals surface area contributed by atoms with Gasteiger partial charge in [-0.2, -0.15) is 18.2 Å². The molecule has 1 unspecified atom stereocenters. The zero-order chi connectivity index (χ0) is 30.2. The van der Waals surface area contributed by atoms with Gasteiger partial charge in [-0.15, -0.1) is 0 Å². The minimum Gasteiger partial charge on any atom is -0.496 e. The molecule has 0 aliphatic carbocycles. The van der Waals surface area contributed by atoms with Crippen molar-refractivity contribution in [1.29, 1.82) is 0 Å². The molecule has 0 fully saturated rings. The van der Waals surface area contributed by atoms with Crippen LogP contribution >= 0.6 is 11.6 Å². The largest absolute Gasteiger partial charge is 0.496 e. The number of ether oxygens (including phenoxy) is 2. The van der Waals surface area contributed by atoms with Gasteiger partial charge in [0.05, 0.1) is 34.8 Å². The average molecular weight is 624 g/mol. The third kappa shape index (κ3) is 5.72. The Morgan fingerprint density at radius 2 is 1.93 bits per heavy atom. The molecule has 0 bridgehead atoms. The summed E-state index contributed by atoms with van der Waals surface area (Å²) in [6.07, 6.45) is -6.01. The van der Waals surface area contributed by atoms with Crippen LogP contribution in [-0.4, -0.2) is 49.4 Å². The summed E-state index contributed by atoms with van der Waals surface area (Å²) in [5.41, 5.74) is -0.496. The lowest BCUT2D eigenvalue weighted by Gasteiger charge is -2.35. The van der Waals surface area contributed by atoms with E-state index in [0.29, 0.717) is 22.9 Å². The van der Waals surface area contributed by atoms with Gasteiger partial charge in [0.2, 0.25) is 5.82 Å². The molecule has 2 heterocycles. The Kier molecular flexibility index (Phi) is 7.77. The van der Waals surface area contributed by atoms with E-state index in [9.17, 15) is 26.4 Å². The van der Waals surface area contributed by atoms with E-state index in [1.165, 1.54) is 25.3 Å². The maximum Gasteiger partial charge on any atom is 0.416 e. The number of carboxylic acid groups (broad SMARTS) is 1. The predicted octanol–water partition coefficient (Wildman–Crippen LogP) is 5.91. The molecule has 1 atom stereocenters. The van der Waals surface area contributed by atoms with E-state index >= 15 is 0 Å². The Hall–Kier alpha value is -4.30. The monoisotopic (exact) mass is 623 g/mol. The Bertz CT molecular complexity index is 1760. The lowest BCUT2D eigenvalue weighted by atomic mass is 10.1. The minimum atomic E-state index is -4.77. The van der Waals surface area contributed by atoms with E-state index < -0.39 is 38.7 Å². The van der Waals surface area contributed by atoms with Crippen molar-refractivity contribution in [2.75, 3.05) is 18.0 Å². The second-order valence-corrected chi connectivity index (χ2v) is 11.4. The van der Waals surface area contributed by atoms with Crippen LogP contribution in [0.15, 0.2) is 70.1 Å². The number of methoxy groups -OCH3 is 1. The van der Waals surface area contributed by atoms with E-state index in [-0.39, 0.29) is 47.6 Å². The third-order valence-electron chi connectivity index (χ3n) is 6.41. The Labute approximate surface area is 242 Å². The normalized spacial score (nSPS) is 15.2. The van der Waals surface area contributed by atoms with Crippen LogP contribution in [0.3, 0.4) is 0 Å². The SMILES string of the molecule is COc1cccc(Cl)c1-c1nc(-c2ccc3c(c2)N(S(=O)(=O)c2cccc(C(F)(F)F)c2)CC(CCC(=O)O)O3)no1.